The minimum absolute atomic E-state index is 0.0733. The predicted molar refractivity (Wildman–Crippen MR) is 101 cm³/mol. The van der Waals surface area contributed by atoms with E-state index in [1.165, 1.54) is 10.6 Å². The van der Waals surface area contributed by atoms with Gasteiger partial charge in [-0.25, -0.2) is 4.79 Å². The summed E-state index contributed by atoms with van der Waals surface area (Å²) in [5.41, 5.74) is 1.26. The van der Waals surface area contributed by atoms with Crippen molar-refractivity contribution in [1.29, 1.82) is 0 Å². The lowest BCUT2D eigenvalue weighted by atomic mass is 10.0. The number of nitrogens with one attached hydrogen (secondary N) is 2. The SMILES string of the molecule is O=C(NCCc1ccc(Cl)s1)NC1CCN(c2ccccc2)CC1. The van der Waals surface area contributed by atoms with E-state index in [1.54, 1.807) is 11.3 Å². The highest BCUT2D eigenvalue weighted by molar-refractivity contribution is 7.16. The van der Waals surface area contributed by atoms with E-state index in [1.807, 2.05) is 18.2 Å². The van der Waals surface area contributed by atoms with Crippen molar-refractivity contribution in [2.45, 2.75) is 25.3 Å². The number of halogens is 1. The first-order chi connectivity index (χ1) is 11.7. The number of hydrogen-bond donors (Lipinski definition) is 2. The molecule has 2 heterocycles. The summed E-state index contributed by atoms with van der Waals surface area (Å²) >= 11 is 7.46. The Hall–Kier alpha value is -1.72. The Morgan fingerprint density at radius 1 is 1.17 bits per heavy atom. The van der Waals surface area contributed by atoms with E-state index in [9.17, 15) is 4.79 Å². The normalized spacial score (nSPS) is 15.3. The van der Waals surface area contributed by atoms with Crippen LogP contribution in [0.4, 0.5) is 10.5 Å². The van der Waals surface area contributed by atoms with Crippen LogP contribution in [-0.4, -0.2) is 31.7 Å². The summed E-state index contributed by atoms with van der Waals surface area (Å²) in [5, 5.41) is 6.01. The van der Waals surface area contributed by atoms with Crippen LogP contribution in [0.2, 0.25) is 4.34 Å². The fourth-order valence-electron chi connectivity index (χ4n) is 2.94. The molecule has 1 aliphatic heterocycles. The van der Waals surface area contributed by atoms with Gasteiger partial charge in [0, 0.05) is 36.2 Å². The summed E-state index contributed by atoms with van der Waals surface area (Å²) in [7, 11) is 0. The molecule has 1 aromatic carbocycles. The highest BCUT2D eigenvalue weighted by atomic mass is 35.5. The molecule has 6 heteroatoms. The van der Waals surface area contributed by atoms with E-state index in [0.717, 1.165) is 36.7 Å². The molecular weight excluding hydrogens is 342 g/mol. The predicted octanol–water partition coefficient (Wildman–Crippen LogP) is 3.91. The number of nitrogens with zero attached hydrogens (tertiary/aromatic N) is 1. The number of benzene rings is 1. The van der Waals surface area contributed by atoms with Gasteiger partial charge in [-0.2, -0.15) is 0 Å². The van der Waals surface area contributed by atoms with Crippen LogP contribution in [0.1, 0.15) is 17.7 Å². The van der Waals surface area contributed by atoms with Crippen LogP contribution >= 0.6 is 22.9 Å². The van der Waals surface area contributed by atoms with Crippen LogP contribution in [0.15, 0.2) is 42.5 Å². The molecule has 24 heavy (non-hydrogen) atoms. The van der Waals surface area contributed by atoms with Crippen molar-refractivity contribution in [3.05, 3.63) is 51.7 Å². The van der Waals surface area contributed by atoms with Gasteiger partial charge in [0.25, 0.3) is 0 Å². The highest BCUT2D eigenvalue weighted by Gasteiger charge is 2.20. The van der Waals surface area contributed by atoms with Gasteiger partial charge in [0.15, 0.2) is 0 Å². The lowest BCUT2D eigenvalue weighted by Gasteiger charge is -2.33. The molecule has 0 radical (unpaired) electrons. The summed E-state index contributed by atoms with van der Waals surface area (Å²) < 4.78 is 0.791. The van der Waals surface area contributed by atoms with E-state index in [0.29, 0.717) is 6.54 Å². The van der Waals surface area contributed by atoms with Crippen molar-refractivity contribution in [3.63, 3.8) is 0 Å². The summed E-state index contributed by atoms with van der Waals surface area (Å²) in [6, 6.07) is 14.5. The van der Waals surface area contributed by atoms with E-state index in [-0.39, 0.29) is 12.1 Å². The molecule has 0 saturated carbocycles. The first-order valence-electron chi connectivity index (χ1n) is 8.29. The highest BCUT2D eigenvalue weighted by Crippen LogP contribution is 2.21. The van der Waals surface area contributed by atoms with Gasteiger partial charge in [-0.1, -0.05) is 29.8 Å². The van der Waals surface area contributed by atoms with Gasteiger partial charge in [-0.15, -0.1) is 11.3 Å². The van der Waals surface area contributed by atoms with Crippen molar-refractivity contribution in [2.75, 3.05) is 24.5 Å². The first kappa shape index (κ1) is 17.1. The molecule has 0 spiro atoms. The molecule has 2 N–H and O–H groups in total. The van der Waals surface area contributed by atoms with E-state index in [4.69, 9.17) is 11.6 Å². The number of para-hydroxylation sites is 1. The molecule has 0 bridgehead atoms. The minimum atomic E-state index is -0.0733. The quantitative estimate of drug-likeness (QED) is 0.845. The van der Waals surface area contributed by atoms with Gasteiger partial charge in [-0.05, 0) is 43.5 Å². The van der Waals surface area contributed by atoms with Crippen LogP contribution in [0.3, 0.4) is 0 Å². The summed E-state index contributed by atoms with van der Waals surface area (Å²) in [6.07, 6.45) is 2.77. The number of anilines is 1. The molecule has 1 saturated heterocycles. The molecule has 0 aliphatic carbocycles. The van der Waals surface area contributed by atoms with Crippen molar-refractivity contribution < 1.29 is 4.79 Å². The largest absolute Gasteiger partial charge is 0.371 e. The number of urea groups is 1. The van der Waals surface area contributed by atoms with E-state index >= 15 is 0 Å². The van der Waals surface area contributed by atoms with Crippen LogP contribution in [0.5, 0.6) is 0 Å². The summed E-state index contributed by atoms with van der Waals surface area (Å²) in [6.45, 7) is 2.58. The monoisotopic (exact) mass is 363 g/mol. The molecular formula is C18H22ClN3OS. The zero-order valence-corrected chi connectivity index (χ0v) is 15.1. The average Bonchev–Trinajstić information content (AvgIpc) is 3.02. The molecule has 1 aliphatic rings. The van der Waals surface area contributed by atoms with E-state index in [2.05, 4.69) is 39.8 Å². The molecule has 1 fully saturated rings. The first-order valence-corrected chi connectivity index (χ1v) is 9.49. The molecule has 128 valence electrons. The number of thiophene rings is 1. The van der Waals surface area contributed by atoms with Gasteiger partial charge in [-0.3, -0.25) is 0 Å². The lowest BCUT2D eigenvalue weighted by Crippen LogP contribution is -2.48. The van der Waals surface area contributed by atoms with Crippen molar-refractivity contribution in [3.8, 4) is 0 Å². The smallest absolute Gasteiger partial charge is 0.315 e. The Morgan fingerprint density at radius 2 is 1.92 bits per heavy atom. The number of piperidine rings is 1. The number of carbonyl (C=O) groups excluding carboxylic acids is 1. The summed E-state index contributed by atoms with van der Waals surface area (Å²) in [5.74, 6) is 0. The molecule has 0 atom stereocenters. The van der Waals surface area contributed by atoms with Crippen LogP contribution in [0.25, 0.3) is 0 Å². The Morgan fingerprint density at radius 3 is 2.58 bits per heavy atom. The fraction of sp³-hybridized carbons (Fsp3) is 0.389. The maximum Gasteiger partial charge on any atom is 0.315 e. The van der Waals surface area contributed by atoms with Gasteiger partial charge in [0.05, 0.1) is 4.34 Å². The Balaban J connectivity index is 1.35. The van der Waals surface area contributed by atoms with Gasteiger partial charge >= 0.3 is 6.03 Å². The van der Waals surface area contributed by atoms with Crippen LogP contribution in [-0.2, 0) is 6.42 Å². The zero-order chi connectivity index (χ0) is 16.8. The molecule has 3 rings (SSSR count). The number of carbonyl (C=O) groups is 1. The zero-order valence-electron chi connectivity index (χ0n) is 13.5. The van der Waals surface area contributed by atoms with Gasteiger partial charge < -0.3 is 15.5 Å². The Bertz CT molecular complexity index is 653. The van der Waals surface area contributed by atoms with Crippen molar-refractivity contribution in [1.82, 2.24) is 10.6 Å². The topological polar surface area (TPSA) is 44.4 Å². The second kappa shape index (κ2) is 8.40. The Labute approximate surface area is 151 Å². The fourth-order valence-corrected chi connectivity index (χ4v) is 4.03. The van der Waals surface area contributed by atoms with Gasteiger partial charge in [0.2, 0.25) is 0 Å². The van der Waals surface area contributed by atoms with Crippen molar-refractivity contribution in [2.24, 2.45) is 0 Å². The number of hydrogen-bond acceptors (Lipinski definition) is 3. The molecule has 2 amide bonds. The van der Waals surface area contributed by atoms with Crippen LogP contribution < -0.4 is 15.5 Å². The second-order valence-electron chi connectivity index (χ2n) is 5.95. The number of rotatable bonds is 5. The van der Waals surface area contributed by atoms with Crippen LogP contribution in [0, 0.1) is 0 Å². The third-order valence-corrected chi connectivity index (χ3v) is 5.53. The lowest BCUT2D eigenvalue weighted by molar-refractivity contribution is 0.234. The maximum atomic E-state index is 12.0. The van der Waals surface area contributed by atoms with E-state index < -0.39 is 0 Å². The molecule has 0 unspecified atom stereocenters. The Kier molecular flexibility index (Phi) is 5.99. The summed E-state index contributed by atoms with van der Waals surface area (Å²) in [4.78, 5) is 15.6. The van der Waals surface area contributed by atoms with Crippen molar-refractivity contribution >= 4 is 34.7 Å². The minimum Gasteiger partial charge on any atom is -0.371 e. The third-order valence-electron chi connectivity index (χ3n) is 4.24. The average molecular weight is 364 g/mol. The standard InChI is InChI=1S/C18H22ClN3OS/c19-17-7-6-16(24-17)8-11-20-18(23)21-14-9-12-22(13-10-14)15-4-2-1-3-5-15/h1-7,14H,8-13H2,(H2,20,21,23). The molecule has 1 aromatic heterocycles. The maximum absolute atomic E-state index is 12.0. The molecule has 4 nitrogen and oxygen atoms in total. The van der Waals surface area contributed by atoms with Gasteiger partial charge in [0.1, 0.15) is 0 Å². The third kappa shape index (κ3) is 4.89. The number of amides is 2. The second-order valence-corrected chi connectivity index (χ2v) is 7.75. The molecule has 2 aromatic rings.